The van der Waals surface area contributed by atoms with Crippen LogP contribution in [0, 0.1) is 6.92 Å². The Bertz CT molecular complexity index is 937. The molecule has 0 aliphatic heterocycles. The Morgan fingerprint density at radius 2 is 1.77 bits per heavy atom. The highest BCUT2D eigenvalue weighted by atomic mass is 16.4. The fourth-order valence-corrected chi connectivity index (χ4v) is 2.68. The summed E-state index contributed by atoms with van der Waals surface area (Å²) in [6, 6.07) is 12.3. The second-order valence-electron chi connectivity index (χ2n) is 5.15. The third-order valence-electron chi connectivity index (χ3n) is 3.73. The number of phenolic OH excluding ortho intramolecular Hbond substituents is 1. The van der Waals surface area contributed by atoms with Crippen LogP contribution in [0.4, 0.5) is 0 Å². The average molecular weight is 294 g/mol. The van der Waals surface area contributed by atoms with Gasteiger partial charge in [-0.1, -0.05) is 30.3 Å². The first-order chi connectivity index (χ1) is 10.5. The van der Waals surface area contributed by atoms with Crippen LogP contribution in [0.3, 0.4) is 0 Å². The van der Waals surface area contributed by atoms with E-state index in [2.05, 4.69) is 0 Å². The van der Waals surface area contributed by atoms with Crippen LogP contribution in [0.25, 0.3) is 22.1 Å². The first kappa shape index (κ1) is 14.1. The minimum atomic E-state index is -0.524. The molecule has 0 radical (unpaired) electrons. The van der Waals surface area contributed by atoms with Gasteiger partial charge in [-0.15, -0.1) is 0 Å². The highest BCUT2D eigenvalue weighted by molar-refractivity contribution is 6.08. The fraction of sp³-hybridized carbons (Fsp3) is 0.111. The molecule has 4 heteroatoms. The molecule has 1 aromatic heterocycles. The zero-order chi connectivity index (χ0) is 15.9. The zero-order valence-corrected chi connectivity index (χ0v) is 12.2. The molecule has 0 saturated carbocycles. The van der Waals surface area contributed by atoms with E-state index in [1.165, 1.54) is 13.0 Å². The van der Waals surface area contributed by atoms with Crippen molar-refractivity contribution in [1.29, 1.82) is 0 Å². The summed E-state index contributed by atoms with van der Waals surface area (Å²) in [7, 11) is 0. The molecule has 2 aromatic carbocycles. The molecule has 0 unspecified atom stereocenters. The number of carbonyl (C=O) groups excluding carboxylic acids is 1. The van der Waals surface area contributed by atoms with E-state index >= 15 is 0 Å². The van der Waals surface area contributed by atoms with Crippen LogP contribution in [-0.2, 0) is 0 Å². The van der Waals surface area contributed by atoms with Gasteiger partial charge in [-0.2, -0.15) is 0 Å². The standard InChI is InChI=1S/C18H14O4/c1-10-13-8-9-14(20)16(11(2)19)17(13)22-18(21)15(10)12-6-4-3-5-7-12/h3-9,20H,1-2H3. The summed E-state index contributed by atoms with van der Waals surface area (Å²) in [6.45, 7) is 3.14. The van der Waals surface area contributed by atoms with Gasteiger partial charge in [0.05, 0.1) is 5.56 Å². The molecule has 0 spiro atoms. The molecule has 3 aromatic rings. The van der Waals surface area contributed by atoms with Crippen molar-refractivity contribution in [2.24, 2.45) is 0 Å². The van der Waals surface area contributed by atoms with E-state index in [9.17, 15) is 14.7 Å². The summed E-state index contributed by atoms with van der Waals surface area (Å²) < 4.78 is 5.36. The van der Waals surface area contributed by atoms with Gasteiger partial charge in [0, 0.05) is 5.39 Å². The fourth-order valence-electron chi connectivity index (χ4n) is 2.68. The van der Waals surface area contributed by atoms with Crippen LogP contribution in [0.15, 0.2) is 51.7 Å². The zero-order valence-electron chi connectivity index (χ0n) is 12.2. The van der Waals surface area contributed by atoms with E-state index in [1.54, 1.807) is 6.07 Å². The number of ketones is 1. The molecule has 0 atom stereocenters. The summed E-state index contributed by atoms with van der Waals surface area (Å²) in [4.78, 5) is 24.1. The van der Waals surface area contributed by atoms with Crippen LogP contribution in [0.5, 0.6) is 5.75 Å². The van der Waals surface area contributed by atoms with Gasteiger partial charge in [0.25, 0.3) is 0 Å². The van der Waals surface area contributed by atoms with Crippen molar-refractivity contribution in [3.8, 4) is 16.9 Å². The molecule has 110 valence electrons. The molecule has 3 rings (SSSR count). The monoisotopic (exact) mass is 294 g/mol. The van der Waals surface area contributed by atoms with Gasteiger partial charge in [0.2, 0.25) is 0 Å². The van der Waals surface area contributed by atoms with Gasteiger partial charge in [-0.25, -0.2) is 4.79 Å². The summed E-state index contributed by atoms with van der Waals surface area (Å²) in [5.74, 6) is -0.534. The Labute approximate surface area is 126 Å². The molecular formula is C18H14O4. The summed E-state index contributed by atoms with van der Waals surface area (Å²) >= 11 is 0. The Hall–Kier alpha value is -2.88. The van der Waals surface area contributed by atoms with Crippen molar-refractivity contribution < 1.29 is 14.3 Å². The molecular weight excluding hydrogens is 280 g/mol. The largest absolute Gasteiger partial charge is 0.507 e. The number of phenols is 1. The molecule has 0 bridgehead atoms. The van der Waals surface area contributed by atoms with E-state index in [4.69, 9.17) is 4.42 Å². The normalized spacial score (nSPS) is 10.8. The number of Topliss-reactive ketones (excluding diaryl/α,β-unsaturated/α-hetero) is 1. The molecule has 1 N–H and O–H groups in total. The minimum Gasteiger partial charge on any atom is -0.507 e. The third-order valence-corrected chi connectivity index (χ3v) is 3.73. The van der Waals surface area contributed by atoms with Gasteiger partial charge in [-0.05, 0) is 37.1 Å². The van der Waals surface area contributed by atoms with Crippen molar-refractivity contribution in [3.63, 3.8) is 0 Å². The smallest absolute Gasteiger partial charge is 0.344 e. The van der Waals surface area contributed by atoms with Gasteiger partial charge in [-0.3, -0.25) is 4.79 Å². The minimum absolute atomic E-state index is 0.0392. The summed E-state index contributed by atoms with van der Waals surface area (Å²) in [5, 5.41) is 10.5. The van der Waals surface area contributed by atoms with E-state index in [0.717, 1.165) is 11.1 Å². The molecule has 0 fully saturated rings. The number of carbonyl (C=O) groups is 1. The molecule has 0 aliphatic rings. The number of aryl methyl sites for hydroxylation is 1. The van der Waals surface area contributed by atoms with Crippen LogP contribution in [-0.4, -0.2) is 10.9 Å². The predicted octanol–water partition coefficient (Wildman–Crippen LogP) is 3.68. The van der Waals surface area contributed by atoms with Gasteiger partial charge < -0.3 is 9.52 Å². The second kappa shape index (κ2) is 5.15. The maximum atomic E-state index is 12.4. The van der Waals surface area contributed by atoms with Crippen molar-refractivity contribution >= 4 is 16.8 Å². The highest BCUT2D eigenvalue weighted by Gasteiger charge is 2.19. The number of hydrogen-bond acceptors (Lipinski definition) is 4. The predicted molar refractivity (Wildman–Crippen MR) is 84.3 cm³/mol. The first-order valence-electron chi connectivity index (χ1n) is 6.86. The average Bonchev–Trinajstić information content (AvgIpc) is 2.47. The van der Waals surface area contributed by atoms with Crippen LogP contribution in [0.2, 0.25) is 0 Å². The maximum absolute atomic E-state index is 12.4. The second-order valence-corrected chi connectivity index (χ2v) is 5.15. The summed E-state index contributed by atoms with van der Waals surface area (Å²) in [6.07, 6.45) is 0. The molecule has 1 heterocycles. The lowest BCUT2D eigenvalue weighted by Gasteiger charge is -2.10. The van der Waals surface area contributed by atoms with Crippen LogP contribution < -0.4 is 5.63 Å². The number of benzene rings is 2. The third kappa shape index (κ3) is 2.09. The van der Waals surface area contributed by atoms with Crippen molar-refractivity contribution in [3.05, 3.63) is 64.0 Å². The molecule has 4 nitrogen and oxygen atoms in total. The molecule has 0 aliphatic carbocycles. The highest BCUT2D eigenvalue weighted by Crippen LogP contribution is 2.32. The van der Waals surface area contributed by atoms with Crippen molar-refractivity contribution in [2.75, 3.05) is 0 Å². The van der Waals surface area contributed by atoms with Crippen molar-refractivity contribution in [2.45, 2.75) is 13.8 Å². The Kier molecular flexibility index (Phi) is 3.29. The Morgan fingerprint density at radius 3 is 2.41 bits per heavy atom. The molecule has 22 heavy (non-hydrogen) atoms. The Balaban J connectivity index is 2.44. The van der Waals surface area contributed by atoms with Crippen molar-refractivity contribution in [1.82, 2.24) is 0 Å². The lowest BCUT2D eigenvalue weighted by atomic mass is 9.97. The SMILES string of the molecule is CC(=O)c1c(O)ccc2c(C)c(-c3ccccc3)c(=O)oc12. The van der Waals surface area contributed by atoms with Gasteiger partial charge in [0.1, 0.15) is 11.3 Å². The molecule has 0 amide bonds. The number of hydrogen-bond donors (Lipinski definition) is 1. The van der Waals surface area contributed by atoms with E-state index in [0.29, 0.717) is 10.9 Å². The van der Waals surface area contributed by atoms with Gasteiger partial charge in [0.15, 0.2) is 11.4 Å². The quantitative estimate of drug-likeness (QED) is 0.578. The number of aromatic hydroxyl groups is 1. The van der Waals surface area contributed by atoms with E-state index < -0.39 is 5.63 Å². The Morgan fingerprint density at radius 1 is 1.09 bits per heavy atom. The summed E-state index contributed by atoms with van der Waals surface area (Å²) in [5.41, 5.74) is 1.60. The van der Waals surface area contributed by atoms with Gasteiger partial charge >= 0.3 is 5.63 Å². The molecule has 0 saturated heterocycles. The lowest BCUT2D eigenvalue weighted by Crippen LogP contribution is -2.08. The number of fused-ring (bicyclic) bond motifs is 1. The van der Waals surface area contributed by atoms with E-state index in [-0.39, 0.29) is 22.7 Å². The van der Waals surface area contributed by atoms with Crippen LogP contribution >= 0.6 is 0 Å². The lowest BCUT2D eigenvalue weighted by molar-refractivity contribution is 0.101. The van der Waals surface area contributed by atoms with E-state index in [1.807, 2.05) is 37.3 Å². The number of rotatable bonds is 2. The first-order valence-corrected chi connectivity index (χ1v) is 6.86. The van der Waals surface area contributed by atoms with Crippen LogP contribution in [0.1, 0.15) is 22.8 Å². The topological polar surface area (TPSA) is 67.5 Å². The maximum Gasteiger partial charge on any atom is 0.344 e.